The molecule has 1 amide bonds. The second-order valence-corrected chi connectivity index (χ2v) is 9.93. The molecule has 0 saturated heterocycles. The van der Waals surface area contributed by atoms with Gasteiger partial charge < -0.3 is 10.1 Å². The van der Waals surface area contributed by atoms with Gasteiger partial charge in [0.15, 0.2) is 0 Å². The monoisotopic (exact) mass is 488 g/mol. The van der Waals surface area contributed by atoms with E-state index in [1.54, 1.807) is 23.9 Å². The molecule has 3 aromatic carbocycles. The number of nitrogens with one attached hydrogen (secondary N) is 1. The summed E-state index contributed by atoms with van der Waals surface area (Å²) in [6.07, 6.45) is 0. The lowest BCUT2D eigenvalue weighted by atomic mass is 10.3. The van der Waals surface area contributed by atoms with Crippen molar-refractivity contribution >= 4 is 33.4 Å². The molecule has 174 valence electrons. The Kier molecular flexibility index (Phi) is 8.73. The van der Waals surface area contributed by atoms with Crippen LogP contribution in [0.5, 0.6) is 5.75 Å². The molecular weight excluding hydrogens is 463 g/mol. The first kappa shape index (κ1) is 24.6. The quantitative estimate of drug-likeness (QED) is 0.321. The molecule has 0 aromatic heterocycles. The van der Waals surface area contributed by atoms with Crippen LogP contribution in [-0.2, 0) is 14.8 Å². The molecule has 0 saturated carbocycles. The van der Waals surface area contributed by atoms with Gasteiger partial charge in [-0.3, -0.25) is 9.10 Å². The fraction of sp³-hybridized carbons (Fsp3) is 0.208. The standard InChI is InChI=1S/C24H25FN2O4S2/c1-2-31-21-12-14-23(15-13-21)33(29,30)27(20-10-8-19(25)9-11-20)18-24(28)26-16-17-32-22-6-4-3-5-7-22/h3-15H,2,16-18H2,1H3,(H,26,28). The molecular formula is C24H25FN2O4S2. The number of anilines is 1. The summed E-state index contributed by atoms with van der Waals surface area (Å²) in [5.74, 6) is 0.221. The van der Waals surface area contributed by atoms with Gasteiger partial charge in [0.1, 0.15) is 18.1 Å². The molecule has 0 aliphatic rings. The van der Waals surface area contributed by atoms with Gasteiger partial charge in [0.05, 0.1) is 17.2 Å². The van der Waals surface area contributed by atoms with Crippen LogP contribution in [0.2, 0.25) is 0 Å². The maximum atomic E-state index is 13.4. The first-order valence-electron chi connectivity index (χ1n) is 10.4. The lowest BCUT2D eigenvalue weighted by Crippen LogP contribution is -2.41. The minimum atomic E-state index is -4.08. The van der Waals surface area contributed by atoms with Crippen LogP contribution in [0.4, 0.5) is 10.1 Å². The molecule has 0 fully saturated rings. The van der Waals surface area contributed by atoms with E-state index < -0.39 is 28.3 Å². The molecule has 3 aromatic rings. The number of nitrogens with zero attached hydrogens (tertiary/aromatic N) is 1. The van der Waals surface area contributed by atoms with Crippen molar-refractivity contribution in [3.63, 3.8) is 0 Å². The van der Waals surface area contributed by atoms with Crippen LogP contribution in [-0.4, -0.2) is 39.8 Å². The zero-order valence-corrected chi connectivity index (χ0v) is 19.7. The van der Waals surface area contributed by atoms with Crippen molar-refractivity contribution in [3.8, 4) is 5.75 Å². The summed E-state index contributed by atoms with van der Waals surface area (Å²) in [7, 11) is -4.08. The van der Waals surface area contributed by atoms with E-state index in [9.17, 15) is 17.6 Å². The van der Waals surface area contributed by atoms with Crippen LogP contribution in [0.3, 0.4) is 0 Å². The average molecular weight is 489 g/mol. The zero-order valence-electron chi connectivity index (χ0n) is 18.1. The van der Waals surface area contributed by atoms with Gasteiger partial charge in [0.25, 0.3) is 10.0 Å². The minimum Gasteiger partial charge on any atom is -0.494 e. The molecule has 0 unspecified atom stereocenters. The Bertz CT molecular complexity index is 1140. The van der Waals surface area contributed by atoms with Gasteiger partial charge in [-0.25, -0.2) is 12.8 Å². The van der Waals surface area contributed by atoms with E-state index in [0.29, 0.717) is 24.7 Å². The number of carbonyl (C=O) groups excluding carboxylic acids is 1. The van der Waals surface area contributed by atoms with Crippen molar-refractivity contribution in [3.05, 3.63) is 84.7 Å². The number of sulfonamides is 1. The Hall–Kier alpha value is -3.04. The Morgan fingerprint density at radius 2 is 1.67 bits per heavy atom. The summed E-state index contributed by atoms with van der Waals surface area (Å²) < 4.78 is 46.5. The molecule has 0 spiro atoms. The number of hydrogen-bond donors (Lipinski definition) is 1. The van der Waals surface area contributed by atoms with Crippen LogP contribution < -0.4 is 14.4 Å². The first-order valence-corrected chi connectivity index (χ1v) is 12.8. The van der Waals surface area contributed by atoms with Crippen LogP contribution in [0, 0.1) is 5.82 Å². The highest BCUT2D eigenvalue weighted by atomic mass is 32.2. The van der Waals surface area contributed by atoms with Crippen molar-refractivity contribution in [1.29, 1.82) is 0 Å². The van der Waals surface area contributed by atoms with E-state index in [2.05, 4.69) is 5.32 Å². The third kappa shape index (κ3) is 6.97. The summed E-state index contributed by atoms with van der Waals surface area (Å²) in [6, 6.07) is 20.7. The molecule has 0 atom stereocenters. The molecule has 0 radical (unpaired) electrons. The summed E-state index contributed by atoms with van der Waals surface area (Å²) in [6.45, 7) is 2.23. The SMILES string of the molecule is CCOc1ccc(S(=O)(=O)N(CC(=O)NCCSc2ccccc2)c2ccc(F)cc2)cc1. The maximum absolute atomic E-state index is 13.4. The molecule has 33 heavy (non-hydrogen) atoms. The number of carbonyl (C=O) groups is 1. The smallest absolute Gasteiger partial charge is 0.264 e. The number of ether oxygens (including phenoxy) is 1. The Labute approximate surface area is 197 Å². The number of thioether (sulfide) groups is 1. The second kappa shape index (κ2) is 11.7. The predicted octanol–water partition coefficient (Wildman–Crippen LogP) is 4.33. The third-order valence-corrected chi connectivity index (χ3v) is 7.36. The molecule has 0 heterocycles. The highest BCUT2D eigenvalue weighted by Gasteiger charge is 2.27. The second-order valence-electron chi connectivity index (χ2n) is 6.90. The summed E-state index contributed by atoms with van der Waals surface area (Å²) >= 11 is 1.59. The minimum absolute atomic E-state index is 0.00251. The van der Waals surface area contributed by atoms with Gasteiger partial charge in [0, 0.05) is 17.2 Å². The largest absolute Gasteiger partial charge is 0.494 e. The van der Waals surface area contributed by atoms with E-state index in [1.165, 1.54) is 24.3 Å². The highest BCUT2D eigenvalue weighted by molar-refractivity contribution is 7.99. The van der Waals surface area contributed by atoms with Gasteiger partial charge in [-0.05, 0) is 67.6 Å². The summed E-state index contributed by atoms with van der Waals surface area (Å²) in [4.78, 5) is 13.7. The van der Waals surface area contributed by atoms with E-state index in [0.717, 1.165) is 21.3 Å². The molecule has 0 aliphatic heterocycles. The summed E-state index contributed by atoms with van der Waals surface area (Å²) in [5.41, 5.74) is 0.194. The molecule has 3 rings (SSSR count). The van der Waals surface area contributed by atoms with Crippen LogP contribution in [0.1, 0.15) is 6.92 Å². The maximum Gasteiger partial charge on any atom is 0.264 e. The fourth-order valence-corrected chi connectivity index (χ4v) is 5.20. The van der Waals surface area contributed by atoms with Gasteiger partial charge in [-0.1, -0.05) is 18.2 Å². The van der Waals surface area contributed by atoms with Gasteiger partial charge >= 0.3 is 0 Å². The molecule has 9 heteroatoms. The number of rotatable bonds is 11. The average Bonchev–Trinajstić information content (AvgIpc) is 2.82. The van der Waals surface area contributed by atoms with Crippen molar-refractivity contribution in [2.24, 2.45) is 0 Å². The van der Waals surface area contributed by atoms with Crippen LogP contribution in [0.15, 0.2) is 88.7 Å². The number of hydrogen-bond acceptors (Lipinski definition) is 5. The van der Waals surface area contributed by atoms with E-state index in [4.69, 9.17) is 4.74 Å². The molecule has 6 nitrogen and oxygen atoms in total. The predicted molar refractivity (Wildman–Crippen MR) is 129 cm³/mol. The van der Waals surface area contributed by atoms with Crippen molar-refractivity contribution in [2.45, 2.75) is 16.7 Å². The van der Waals surface area contributed by atoms with Crippen LogP contribution >= 0.6 is 11.8 Å². The van der Waals surface area contributed by atoms with E-state index >= 15 is 0 Å². The van der Waals surface area contributed by atoms with Crippen molar-refractivity contribution in [2.75, 3.05) is 29.8 Å². The molecule has 1 N–H and O–H groups in total. The fourth-order valence-electron chi connectivity index (χ4n) is 2.99. The molecule has 0 bridgehead atoms. The van der Waals surface area contributed by atoms with Gasteiger partial charge in [0.2, 0.25) is 5.91 Å². The topological polar surface area (TPSA) is 75.7 Å². The van der Waals surface area contributed by atoms with E-state index in [1.807, 2.05) is 37.3 Å². The third-order valence-electron chi connectivity index (χ3n) is 4.56. The van der Waals surface area contributed by atoms with Crippen LogP contribution in [0.25, 0.3) is 0 Å². The lowest BCUT2D eigenvalue weighted by molar-refractivity contribution is -0.119. The Morgan fingerprint density at radius 1 is 1.00 bits per heavy atom. The van der Waals surface area contributed by atoms with Crippen molar-refractivity contribution < 1.29 is 22.3 Å². The lowest BCUT2D eigenvalue weighted by Gasteiger charge is -2.24. The zero-order chi connectivity index (χ0) is 23.7. The number of halogens is 1. The van der Waals surface area contributed by atoms with Gasteiger partial charge in [-0.15, -0.1) is 11.8 Å². The molecule has 0 aliphatic carbocycles. The van der Waals surface area contributed by atoms with E-state index in [-0.39, 0.29) is 10.6 Å². The van der Waals surface area contributed by atoms with Crippen molar-refractivity contribution in [1.82, 2.24) is 5.32 Å². The van der Waals surface area contributed by atoms with Gasteiger partial charge in [-0.2, -0.15) is 0 Å². The highest BCUT2D eigenvalue weighted by Crippen LogP contribution is 2.25. The first-order chi connectivity index (χ1) is 15.9. The number of benzene rings is 3. The number of amides is 1. The normalized spacial score (nSPS) is 11.1. The summed E-state index contributed by atoms with van der Waals surface area (Å²) in [5, 5.41) is 2.75. The Balaban J connectivity index is 1.72. The Morgan fingerprint density at radius 3 is 2.30 bits per heavy atom.